The van der Waals surface area contributed by atoms with E-state index in [-0.39, 0.29) is 0 Å². The summed E-state index contributed by atoms with van der Waals surface area (Å²) in [5, 5.41) is 0.780. The number of piperazine rings is 1. The van der Waals surface area contributed by atoms with Crippen LogP contribution in [-0.2, 0) is 0 Å². The highest BCUT2D eigenvalue weighted by Gasteiger charge is 2.17. The van der Waals surface area contributed by atoms with E-state index in [9.17, 15) is 0 Å². The summed E-state index contributed by atoms with van der Waals surface area (Å²) in [6, 6.07) is 0.720. The fourth-order valence-corrected chi connectivity index (χ4v) is 2.76. The Balaban J connectivity index is 2.09. The molecule has 0 radical (unpaired) electrons. The van der Waals surface area contributed by atoms with Gasteiger partial charge in [-0.3, -0.25) is 9.80 Å². The lowest BCUT2D eigenvalue weighted by Gasteiger charge is -2.36. The summed E-state index contributed by atoms with van der Waals surface area (Å²) in [4.78, 5) is 5.18. The van der Waals surface area contributed by atoms with E-state index < -0.39 is 0 Å². The first-order valence-corrected chi connectivity index (χ1v) is 7.22. The van der Waals surface area contributed by atoms with Crippen LogP contribution in [0.25, 0.3) is 0 Å². The van der Waals surface area contributed by atoms with Crippen LogP contribution in [0.3, 0.4) is 0 Å². The highest BCUT2D eigenvalue weighted by Crippen LogP contribution is 2.11. The van der Waals surface area contributed by atoms with E-state index in [0.717, 1.165) is 11.3 Å². The standard InChI is InChI=1S/C12H26N2S/c1-11(2)14-7-5-13(6-8-14)9-10-15-12(3)4/h11-12H,5-10H2,1-4H3. The Morgan fingerprint density at radius 2 is 1.60 bits per heavy atom. The summed E-state index contributed by atoms with van der Waals surface area (Å²) >= 11 is 2.08. The minimum absolute atomic E-state index is 0.720. The molecule has 0 saturated carbocycles. The van der Waals surface area contributed by atoms with Crippen molar-refractivity contribution in [2.45, 2.75) is 39.0 Å². The lowest BCUT2D eigenvalue weighted by Crippen LogP contribution is -2.49. The minimum atomic E-state index is 0.720. The van der Waals surface area contributed by atoms with E-state index in [2.05, 4.69) is 49.3 Å². The van der Waals surface area contributed by atoms with Gasteiger partial charge in [0.1, 0.15) is 0 Å². The molecule has 0 unspecified atom stereocenters. The van der Waals surface area contributed by atoms with Crippen molar-refractivity contribution < 1.29 is 0 Å². The molecule has 0 atom stereocenters. The molecule has 0 aromatic heterocycles. The normalized spacial score (nSPS) is 20.4. The number of nitrogens with zero attached hydrogens (tertiary/aromatic N) is 2. The van der Waals surface area contributed by atoms with Gasteiger partial charge in [0, 0.05) is 44.5 Å². The molecule has 0 aromatic carbocycles. The zero-order valence-electron chi connectivity index (χ0n) is 10.7. The second kappa shape index (κ2) is 6.77. The summed E-state index contributed by atoms with van der Waals surface area (Å²) in [6.45, 7) is 15.5. The average molecular weight is 230 g/mol. The Labute approximate surface area is 99.4 Å². The van der Waals surface area contributed by atoms with Crippen LogP contribution in [0.2, 0.25) is 0 Å². The molecular weight excluding hydrogens is 204 g/mol. The summed E-state index contributed by atoms with van der Waals surface area (Å²) in [6.07, 6.45) is 0. The van der Waals surface area contributed by atoms with Gasteiger partial charge in [0.2, 0.25) is 0 Å². The molecule has 2 nitrogen and oxygen atoms in total. The lowest BCUT2D eigenvalue weighted by atomic mass is 10.2. The van der Waals surface area contributed by atoms with Crippen LogP contribution in [0, 0.1) is 0 Å². The predicted octanol–water partition coefficient (Wildman–Crippen LogP) is 2.15. The molecule has 1 aliphatic rings. The van der Waals surface area contributed by atoms with Gasteiger partial charge in [-0.1, -0.05) is 13.8 Å². The third kappa shape index (κ3) is 5.23. The Morgan fingerprint density at radius 3 is 2.07 bits per heavy atom. The summed E-state index contributed by atoms with van der Waals surface area (Å²) in [7, 11) is 0. The van der Waals surface area contributed by atoms with E-state index in [0.29, 0.717) is 0 Å². The van der Waals surface area contributed by atoms with Crippen molar-refractivity contribution >= 4 is 11.8 Å². The van der Waals surface area contributed by atoms with Crippen LogP contribution in [0.15, 0.2) is 0 Å². The number of hydrogen-bond acceptors (Lipinski definition) is 3. The largest absolute Gasteiger partial charge is 0.300 e. The maximum atomic E-state index is 2.61. The number of rotatable bonds is 5. The first-order valence-electron chi connectivity index (χ1n) is 6.17. The summed E-state index contributed by atoms with van der Waals surface area (Å²) in [5.41, 5.74) is 0. The van der Waals surface area contributed by atoms with Gasteiger partial charge in [-0.25, -0.2) is 0 Å². The highest BCUT2D eigenvalue weighted by molar-refractivity contribution is 7.99. The van der Waals surface area contributed by atoms with Crippen molar-refractivity contribution in [3.05, 3.63) is 0 Å². The zero-order chi connectivity index (χ0) is 11.3. The molecule has 1 aliphatic heterocycles. The smallest absolute Gasteiger partial charge is 0.0113 e. The van der Waals surface area contributed by atoms with Crippen molar-refractivity contribution in [3.63, 3.8) is 0 Å². The van der Waals surface area contributed by atoms with Gasteiger partial charge in [-0.2, -0.15) is 11.8 Å². The molecule has 90 valence electrons. The van der Waals surface area contributed by atoms with Gasteiger partial charge in [0.25, 0.3) is 0 Å². The molecule has 1 rings (SSSR count). The van der Waals surface area contributed by atoms with E-state index in [4.69, 9.17) is 0 Å². The molecule has 15 heavy (non-hydrogen) atoms. The Hall–Kier alpha value is 0.270. The van der Waals surface area contributed by atoms with E-state index in [1.165, 1.54) is 38.5 Å². The third-order valence-corrected chi connectivity index (χ3v) is 4.08. The van der Waals surface area contributed by atoms with Crippen molar-refractivity contribution in [1.82, 2.24) is 9.80 Å². The van der Waals surface area contributed by atoms with Crippen LogP contribution in [0.1, 0.15) is 27.7 Å². The maximum absolute atomic E-state index is 2.61. The van der Waals surface area contributed by atoms with Crippen molar-refractivity contribution in [1.29, 1.82) is 0 Å². The maximum Gasteiger partial charge on any atom is 0.0113 e. The van der Waals surface area contributed by atoms with E-state index >= 15 is 0 Å². The zero-order valence-corrected chi connectivity index (χ0v) is 11.5. The average Bonchev–Trinajstić information content (AvgIpc) is 2.18. The van der Waals surface area contributed by atoms with Gasteiger partial charge in [-0.05, 0) is 19.1 Å². The van der Waals surface area contributed by atoms with Crippen molar-refractivity contribution in [3.8, 4) is 0 Å². The molecule has 0 bridgehead atoms. The van der Waals surface area contributed by atoms with Gasteiger partial charge in [-0.15, -0.1) is 0 Å². The number of hydrogen-bond donors (Lipinski definition) is 0. The Bertz CT molecular complexity index is 160. The molecule has 1 heterocycles. The van der Waals surface area contributed by atoms with Gasteiger partial charge >= 0.3 is 0 Å². The Morgan fingerprint density at radius 1 is 1.00 bits per heavy atom. The first kappa shape index (κ1) is 13.3. The second-order valence-electron chi connectivity index (χ2n) is 4.89. The fourth-order valence-electron chi connectivity index (χ4n) is 1.92. The van der Waals surface area contributed by atoms with Crippen LogP contribution in [0.4, 0.5) is 0 Å². The van der Waals surface area contributed by atoms with E-state index in [1.807, 2.05) is 0 Å². The second-order valence-corrected chi connectivity index (χ2v) is 6.58. The SMILES string of the molecule is CC(C)SCCN1CCN(C(C)C)CC1. The number of thioether (sulfide) groups is 1. The molecule has 0 spiro atoms. The summed E-state index contributed by atoms with van der Waals surface area (Å²) < 4.78 is 0. The molecule has 1 fully saturated rings. The van der Waals surface area contributed by atoms with Crippen LogP contribution >= 0.6 is 11.8 Å². The van der Waals surface area contributed by atoms with E-state index in [1.54, 1.807) is 0 Å². The predicted molar refractivity (Wildman–Crippen MR) is 70.7 cm³/mol. The van der Waals surface area contributed by atoms with Gasteiger partial charge < -0.3 is 0 Å². The fraction of sp³-hybridized carbons (Fsp3) is 1.00. The molecule has 0 aromatic rings. The quantitative estimate of drug-likeness (QED) is 0.714. The van der Waals surface area contributed by atoms with Crippen LogP contribution < -0.4 is 0 Å². The summed E-state index contributed by atoms with van der Waals surface area (Å²) in [5.74, 6) is 1.29. The molecule has 1 saturated heterocycles. The van der Waals surface area contributed by atoms with Crippen molar-refractivity contribution in [2.24, 2.45) is 0 Å². The molecule has 0 N–H and O–H groups in total. The van der Waals surface area contributed by atoms with Crippen molar-refractivity contribution in [2.75, 3.05) is 38.5 Å². The Kier molecular flexibility index (Phi) is 6.02. The van der Waals surface area contributed by atoms with Crippen LogP contribution in [-0.4, -0.2) is 59.6 Å². The van der Waals surface area contributed by atoms with Gasteiger partial charge in [0.15, 0.2) is 0 Å². The van der Waals surface area contributed by atoms with Gasteiger partial charge in [0.05, 0.1) is 0 Å². The molecule has 3 heteroatoms. The molecule has 0 aliphatic carbocycles. The highest BCUT2D eigenvalue weighted by atomic mass is 32.2. The minimum Gasteiger partial charge on any atom is -0.300 e. The third-order valence-electron chi connectivity index (χ3n) is 3.00. The molecular formula is C12H26N2S. The molecule has 0 amide bonds. The van der Waals surface area contributed by atoms with Crippen LogP contribution in [0.5, 0.6) is 0 Å². The monoisotopic (exact) mass is 230 g/mol. The first-order chi connectivity index (χ1) is 7.09. The lowest BCUT2D eigenvalue weighted by molar-refractivity contribution is 0.113. The topological polar surface area (TPSA) is 6.48 Å².